The summed E-state index contributed by atoms with van der Waals surface area (Å²) in [7, 11) is -1.92. The number of piperidine rings is 2. The zero-order chi connectivity index (χ0) is 18.9. The van der Waals surface area contributed by atoms with Crippen molar-refractivity contribution in [3.8, 4) is 0 Å². The smallest absolute Gasteiger partial charge is 0.249 e. The molecule has 10 heteroatoms. The Balaban J connectivity index is 1.56. The minimum Gasteiger partial charge on any atom is -0.343 e. The van der Waals surface area contributed by atoms with Crippen LogP contribution in [0.3, 0.4) is 0 Å². The minimum absolute atomic E-state index is 0.0149. The summed E-state index contributed by atoms with van der Waals surface area (Å²) in [6.45, 7) is 3.65. The molecule has 0 saturated carbocycles. The van der Waals surface area contributed by atoms with Gasteiger partial charge in [-0.3, -0.25) is 9.59 Å². The lowest BCUT2D eigenvalue weighted by Gasteiger charge is -2.36. The molecule has 3 rings (SSSR count). The van der Waals surface area contributed by atoms with E-state index in [2.05, 4.69) is 10.2 Å². The van der Waals surface area contributed by atoms with E-state index in [9.17, 15) is 18.0 Å². The lowest BCUT2D eigenvalue weighted by molar-refractivity contribution is -0.140. The SMILES string of the molecule is CC(=O)N1CCC(C(=O)N2CCC(S(=O)(=O)c3nncn3C)CC2)CC1. The van der Waals surface area contributed by atoms with Crippen molar-refractivity contribution >= 4 is 21.7 Å². The van der Waals surface area contributed by atoms with Crippen LogP contribution in [0.25, 0.3) is 0 Å². The van der Waals surface area contributed by atoms with Gasteiger partial charge in [0.25, 0.3) is 0 Å². The van der Waals surface area contributed by atoms with Crippen LogP contribution in [0.4, 0.5) is 0 Å². The van der Waals surface area contributed by atoms with Gasteiger partial charge in [-0.15, -0.1) is 10.2 Å². The zero-order valence-electron chi connectivity index (χ0n) is 15.2. The first-order valence-electron chi connectivity index (χ1n) is 8.93. The largest absolute Gasteiger partial charge is 0.343 e. The minimum atomic E-state index is -3.53. The van der Waals surface area contributed by atoms with Crippen LogP contribution in [0.5, 0.6) is 0 Å². The van der Waals surface area contributed by atoms with Crippen molar-refractivity contribution in [2.75, 3.05) is 26.2 Å². The van der Waals surface area contributed by atoms with Crippen LogP contribution >= 0.6 is 0 Å². The molecule has 2 aliphatic rings. The number of sulfone groups is 1. The molecule has 9 nitrogen and oxygen atoms in total. The van der Waals surface area contributed by atoms with Crippen LogP contribution in [0.1, 0.15) is 32.6 Å². The second-order valence-corrected chi connectivity index (χ2v) is 9.20. The Morgan fingerprint density at radius 1 is 1.04 bits per heavy atom. The molecule has 144 valence electrons. The molecule has 2 fully saturated rings. The summed E-state index contributed by atoms with van der Waals surface area (Å²) in [5.41, 5.74) is 0. The highest BCUT2D eigenvalue weighted by molar-refractivity contribution is 7.91. The van der Waals surface area contributed by atoms with E-state index in [1.54, 1.807) is 23.8 Å². The summed E-state index contributed by atoms with van der Waals surface area (Å²) in [4.78, 5) is 27.6. The number of carbonyl (C=O) groups is 2. The van der Waals surface area contributed by atoms with Crippen LogP contribution in [0.2, 0.25) is 0 Å². The molecule has 0 aliphatic carbocycles. The number of hydrogen-bond acceptors (Lipinski definition) is 6. The van der Waals surface area contributed by atoms with Gasteiger partial charge in [0, 0.05) is 46.1 Å². The molecule has 1 aromatic heterocycles. The molecule has 2 saturated heterocycles. The Bertz CT molecular complexity index is 774. The summed E-state index contributed by atoms with van der Waals surface area (Å²) in [5, 5.41) is 6.82. The van der Waals surface area contributed by atoms with Gasteiger partial charge in [-0.1, -0.05) is 0 Å². The topological polar surface area (TPSA) is 105 Å². The molecular weight excluding hydrogens is 358 g/mol. The van der Waals surface area contributed by atoms with Gasteiger partial charge in [0.2, 0.25) is 26.8 Å². The zero-order valence-corrected chi connectivity index (χ0v) is 16.0. The van der Waals surface area contributed by atoms with Gasteiger partial charge in [0.15, 0.2) is 0 Å². The van der Waals surface area contributed by atoms with E-state index in [1.165, 1.54) is 10.9 Å². The summed E-state index contributed by atoms with van der Waals surface area (Å²) in [6, 6.07) is 0. The Morgan fingerprint density at radius 2 is 1.62 bits per heavy atom. The first-order valence-corrected chi connectivity index (χ1v) is 10.5. The highest BCUT2D eigenvalue weighted by Crippen LogP contribution is 2.26. The number of likely N-dealkylation sites (tertiary alicyclic amines) is 2. The molecule has 2 amide bonds. The van der Waals surface area contributed by atoms with Gasteiger partial charge in [-0.25, -0.2) is 8.42 Å². The third-order valence-corrected chi connectivity index (χ3v) is 7.63. The average Bonchev–Trinajstić information content (AvgIpc) is 3.08. The van der Waals surface area contributed by atoms with Crippen LogP contribution in [-0.4, -0.2) is 76.2 Å². The number of aromatic nitrogens is 3. The van der Waals surface area contributed by atoms with Crippen molar-refractivity contribution < 1.29 is 18.0 Å². The summed E-state index contributed by atoms with van der Waals surface area (Å²) >= 11 is 0. The molecule has 0 spiro atoms. The first kappa shape index (κ1) is 18.8. The maximum Gasteiger partial charge on any atom is 0.249 e. The highest BCUT2D eigenvalue weighted by atomic mass is 32.2. The molecule has 1 aromatic rings. The first-order chi connectivity index (χ1) is 12.3. The summed E-state index contributed by atoms with van der Waals surface area (Å²) in [5.74, 6) is 0.0610. The standard InChI is InChI=1S/C16H25N5O4S/c1-12(22)20-7-3-13(4-8-20)15(23)21-9-5-14(6-10-21)26(24,25)16-18-17-11-19(16)2/h11,13-14H,3-10H2,1-2H3. The maximum atomic E-state index is 12.7. The quantitative estimate of drug-likeness (QED) is 0.718. The third kappa shape index (κ3) is 3.60. The maximum absolute atomic E-state index is 12.7. The highest BCUT2D eigenvalue weighted by Gasteiger charge is 2.37. The van der Waals surface area contributed by atoms with E-state index in [4.69, 9.17) is 0 Å². The lowest BCUT2D eigenvalue weighted by atomic mass is 9.94. The number of hydrogen-bond donors (Lipinski definition) is 0. The predicted octanol–water partition coefficient (Wildman–Crippen LogP) is -0.162. The second-order valence-electron chi connectivity index (χ2n) is 7.07. The van der Waals surface area contributed by atoms with Crippen molar-refractivity contribution in [1.82, 2.24) is 24.6 Å². The molecule has 2 aliphatic heterocycles. The van der Waals surface area contributed by atoms with Crippen LogP contribution in [-0.2, 0) is 26.5 Å². The van der Waals surface area contributed by atoms with Crippen molar-refractivity contribution in [2.24, 2.45) is 13.0 Å². The molecule has 0 unspecified atom stereocenters. The van der Waals surface area contributed by atoms with E-state index in [1.807, 2.05) is 0 Å². The molecule has 0 atom stereocenters. The number of rotatable bonds is 3. The van der Waals surface area contributed by atoms with Crippen molar-refractivity contribution in [3.63, 3.8) is 0 Å². The molecule has 0 N–H and O–H groups in total. The van der Waals surface area contributed by atoms with Crippen molar-refractivity contribution in [1.29, 1.82) is 0 Å². The summed E-state index contributed by atoms with van der Waals surface area (Å²) < 4.78 is 26.8. The van der Waals surface area contributed by atoms with E-state index < -0.39 is 15.1 Å². The van der Waals surface area contributed by atoms with Crippen LogP contribution in [0, 0.1) is 5.92 Å². The Labute approximate surface area is 153 Å². The fourth-order valence-electron chi connectivity index (χ4n) is 3.77. The fraction of sp³-hybridized carbons (Fsp3) is 0.750. The van der Waals surface area contributed by atoms with Crippen LogP contribution in [0.15, 0.2) is 11.5 Å². The van der Waals surface area contributed by atoms with Crippen molar-refractivity contribution in [2.45, 2.75) is 43.0 Å². The molecule has 0 bridgehead atoms. The molecule has 0 radical (unpaired) electrons. The Kier molecular flexibility index (Phi) is 5.31. The molecule has 26 heavy (non-hydrogen) atoms. The Morgan fingerprint density at radius 3 is 2.12 bits per heavy atom. The molecular formula is C16H25N5O4S. The second kappa shape index (κ2) is 7.34. The van der Waals surface area contributed by atoms with Gasteiger partial charge in [0.05, 0.1) is 5.25 Å². The van der Waals surface area contributed by atoms with Gasteiger partial charge in [-0.05, 0) is 25.7 Å². The fourth-order valence-corrected chi connectivity index (χ4v) is 5.50. The molecule has 3 heterocycles. The van der Waals surface area contributed by atoms with E-state index >= 15 is 0 Å². The van der Waals surface area contributed by atoms with E-state index in [-0.39, 0.29) is 22.9 Å². The third-order valence-electron chi connectivity index (χ3n) is 5.41. The number of amides is 2. The van der Waals surface area contributed by atoms with Gasteiger partial charge in [0.1, 0.15) is 6.33 Å². The monoisotopic (exact) mass is 383 g/mol. The summed E-state index contributed by atoms with van der Waals surface area (Å²) in [6.07, 6.45) is 3.55. The van der Waals surface area contributed by atoms with Gasteiger partial charge >= 0.3 is 0 Å². The number of aryl methyl sites for hydroxylation is 1. The molecule has 0 aromatic carbocycles. The van der Waals surface area contributed by atoms with Gasteiger partial charge in [-0.2, -0.15) is 0 Å². The van der Waals surface area contributed by atoms with Crippen LogP contribution < -0.4 is 0 Å². The van der Waals surface area contributed by atoms with E-state index in [0.29, 0.717) is 51.9 Å². The lowest BCUT2D eigenvalue weighted by Crippen LogP contribution is -2.48. The Hall–Kier alpha value is -1.97. The average molecular weight is 383 g/mol. The predicted molar refractivity (Wildman–Crippen MR) is 92.8 cm³/mol. The van der Waals surface area contributed by atoms with E-state index in [0.717, 1.165) is 0 Å². The number of nitrogens with zero attached hydrogens (tertiary/aromatic N) is 5. The number of carbonyl (C=O) groups excluding carboxylic acids is 2. The van der Waals surface area contributed by atoms with Crippen molar-refractivity contribution in [3.05, 3.63) is 6.33 Å². The normalized spacial score (nSPS) is 20.4. The van der Waals surface area contributed by atoms with Gasteiger partial charge < -0.3 is 14.4 Å².